The number of nitro groups is 1. The molecule has 140 valence electrons. The van der Waals surface area contributed by atoms with Crippen molar-refractivity contribution >= 4 is 17.9 Å². The topological polar surface area (TPSA) is 111 Å². The van der Waals surface area contributed by atoms with Crippen LogP contribution in [-0.2, 0) is 16.1 Å². The van der Waals surface area contributed by atoms with Crippen molar-refractivity contribution in [2.45, 2.75) is 25.6 Å². The third kappa shape index (κ3) is 5.47. The van der Waals surface area contributed by atoms with Gasteiger partial charge in [-0.2, -0.15) is 0 Å². The van der Waals surface area contributed by atoms with Crippen LogP contribution in [0, 0.1) is 10.1 Å². The minimum absolute atomic E-state index is 0.0852. The number of hydrogen-bond donors (Lipinski definition) is 1. The molecule has 0 atom stereocenters. The lowest BCUT2D eigenvalue weighted by molar-refractivity contribution is -0.385. The number of piperidine rings is 1. The second-order valence-corrected chi connectivity index (χ2v) is 5.70. The van der Waals surface area contributed by atoms with Gasteiger partial charge in [0.05, 0.1) is 10.5 Å². The van der Waals surface area contributed by atoms with E-state index in [2.05, 4.69) is 11.9 Å². The Hall–Kier alpha value is -3.10. The molecule has 1 aliphatic rings. The van der Waals surface area contributed by atoms with Gasteiger partial charge in [0.25, 0.3) is 5.69 Å². The molecule has 1 aromatic carbocycles. The van der Waals surface area contributed by atoms with E-state index in [0.29, 0.717) is 38.0 Å². The molecule has 1 fully saturated rings. The molecule has 0 bridgehead atoms. The summed E-state index contributed by atoms with van der Waals surface area (Å²) in [5.74, 6) is 0. The van der Waals surface area contributed by atoms with Crippen LogP contribution >= 0.6 is 0 Å². The number of carbonyl (C=O) groups excluding carboxylic acids is 2. The Morgan fingerprint density at radius 2 is 2.04 bits per heavy atom. The molecule has 26 heavy (non-hydrogen) atoms. The molecule has 1 N–H and O–H groups in total. The summed E-state index contributed by atoms with van der Waals surface area (Å²) in [5, 5.41) is 13.5. The van der Waals surface area contributed by atoms with E-state index in [1.165, 1.54) is 11.0 Å². The maximum Gasteiger partial charge on any atom is 0.410 e. The molecule has 0 aliphatic carbocycles. The average molecular weight is 363 g/mol. The van der Waals surface area contributed by atoms with E-state index < -0.39 is 17.1 Å². The van der Waals surface area contributed by atoms with E-state index in [0.717, 1.165) is 0 Å². The van der Waals surface area contributed by atoms with Crippen molar-refractivity contribution in [3.63, 3.8) is 0 Å². The Morgan fingerprint density at radius 3 is 2.69 bits per heavy atom. The van der Waals surface area contributed by atoms with Gasteiger partial charge in [0.1, 0.15) is 12.7 Å². The molecule has 9 nitrogen and oxygen atoms in total. The third-order valence-electron chi connectivity index (χ3n) is 3.90. The number of para-hydroxylation sites is 1. The summed E-state index contributed by atoms with van der Waals surface area (Å²) in [6, 6.07) is 6.12. The number of nitrogens with one attached hydrogen (secondary N) is 1. The zero-order valence-electron chi connectivity index (χ0n) is 14.3. The van der Waals surface area contributed by atoms with Crippen LogP contribution in [-0.4, -0.2) is 47.7 Å². The monoisotopic (exact) mass is 363 g/mol. The first-order valence-electron chi connectivity index (χ1n) is 8.20. The van der Waals surface area contributed by atoms with E-state index in [9.17, 15) is 19.7 Å². The predicted octanol–water partition coefficient (Wildman–Crippen LogP) is 2.61. The zero-order chi connectivity index (χ0) is 18.9. The van der Waals surface area contributed by atoms with Crippen LogP contribution in [0.5, 0.6) is 0 Å². The van der Waals surface area contributed by atoms with E-state index in [1.54, 1.807) is 24.3 Å². The van der Waals surface area contributed by atoms with Gasteiger partial charge in [-0.3, -0.25) is 10.1 Å². The van der Waals surface area contributed by atoms with Crippen molar-refractivity contribution in [1.29, 1.82) is 0 Å². The molecular formula is C17H21N3O6. The van der Waals surface area contributed by atoms with Crippen molar-refractivity contribution in [3.05, 3.63) is 52.6 Å². The van der Waals surface area contributed by atoms with Gasteiger partial charge in [0.15, 0.2) is 0 Å². The quantitative estimate of drug-likeness (QED) is 0.472. The van der Waals surface area contributed by atoms with E-state index in [-0.39, 0.29) is 18.4 Å². The van der Waals surface area contributed by atoms with Crippen LogP contribution in [0.25, 0.3) is 0 Å². The van der Waals surface area contributed by atoms with Crippen LogP contribution in [0.2, 0.25) is 0 Å². The largest absolute Gasteiger partial charge is 0.446 e. The number of alkyl carbamates (subject to hydrolysis) is 1. The second-order valence-electron chi connectivity index (χ2n) is 5.70. The summed E-state index contributed by atoms with van der Waals surface area (Å²) in [4.78, 5) is 35.6. The summed E-state index contributed by atoms with van der Waals surface area (Å²) in [5.41, 5.74) is 0.251. The number of likely N-dealkylation sites (tertiary alicyclic amines) is 1. The van der Waals surface area contributed by atoms with Gasteiger partial charge < -0.3 is 19.7 Å². The molecule has 0 radical (unpaired) electrons. The Bertz CT molecular complexity index is 670. The number of ether oxygens (including phenoxy) is 2. The SMILES string of the molecule is C=CCNC(=O)OC1CCN(C(=O)OCc2ccccc2[N+](=O)[O-])CC1. The first kappa shape index (κ1) is 19.2. The second kappa shape index (κ2) is 9.40. The fourth-order valence-electron chi connectivity index (χ4n) is 2.55. The Kier molecular flexibility index (Phi) is 6.95. The predicted molar refractivity (Wildman–Crippen MR) is 92.6 cm³/mol. The lowest BCUT2D eigenvalue weighted by atomic mass is 10.1. The van der Waals surface area contributed by atoms with Crippen molar-refractivity contribution in [3.8, 4) is 0 Å². The molecule has 1 saturated heterocycles. The molecule has 2 amide bonds. The van der Waals surface area contributed by atoms with Crippen LogP contribution < -0.4 is 5.32 Å². The minimum Gasteiger partial charge on any atom is -0.446 e. The highest BCUT2D eigenvalue weighted by Gasteiger charge is 2.26. The van der Waals surface area contributed by atoms with Crippen LogP contribution in [0.3, 0.4) is 0 Å². The molecular weight excluding hydrogens is 342 g/mol. The normalized spacial score (nSPS) is 14.4. The molecule has 0 spiro atoms. The van der Waals surface area contributed by atoms with Gasteiger partial charge in [-0.15, -0.1) is 6.58 Å². The van der Waals surface area contributed by atoms with Gasteiger partial charge in [0.2, 0.25) is 0 Å². The van der Waals surface area contributed by atoms with Gasteiger partial charge in [0, 0.05) is 38.5 Å². The average Bonchev–Trinajstić information content (AvgIpc) is 2.65. The van der Waals surface area contributed by atoms with E-state index in [4.69, 9.17) is 9.47 Å². The highest BCUT2D eigenvalue weighted by atomic mass is 16.6. The third-order valence-corrected chi connectivity index (χ3v) is 3.90. The smallest absolute Gasteiger partial charge is 0.410 e. The first-order valence-corrected chi connectivity index (χ1v) is 8.20. The molecule has 0 unspecified atom stereocenters. The van der Waals surface area contributed by atoms with Crippen molar-refractivity contribution in [1.82, 2.24) is 10.2 Å². The van der Waals surface area contributed by atoms with Gasteiger partial charge in [-0.1, -0.05) is 18.2 Å². The number of rotatable bonds is 6. The summed E-state index contributed by atoms with van der Waals surface area (Å²) in [6.07, 6.45) is 1.24. The van der Waals surface area contributed by atoms with Gasteiger partial charge in [-0.25, -0.2) is 9.59 Å². The molecule has 2 rings (SSSR count). The van der Waals surface area contributed by atoms with Crippen LogP contribution in [0.1, 0.15) is 18.4 Å². The summed E-state index contributed by atoms with van der Waals surface area (Å²) in [6.45, 7) is 4.42. The van der Waals surface area contributed by atoms with E-state index in [1.807, 2.05) is 0 Å². The highest BCUT2D eigenvalue weighted by Crippen LogP contribution is 2.20. The lowest BCUT2D eigenvalue weighted by Crippen LogP contribution is -2.42. The number of benzene rings is 1. The lowest BCUT2D eigenvalue weighted by Gasteiger charge is -2.30. The number of nitrogens with zero attached hydrogens (tertiary/aromatic N) is 2. The number of nitro benzene ring substituents is 1. The fraction of sp³-hybridized carbons (Fsp3) is 0.412. The Balaban J connectivity index is 1.77. The van der Waals surface area contributed by atoms with Gasteiger partial charge in [-0.05, 0) is 6.07 Å². The minimum atomic E-state index is -0.544. The Labute approximate surface area is 150 Å². The maximum atomic E-state index is 12.1. The standard InChI is InChI=1S/C17H21N3O6/c1-2-9-18-16(21)26-14-7-10-19(11-8-14)17(22)25-12-13-5-3-4-6-15(13)20(23)24/h2-6,14H,1,7-12H2,(H,18,21). The first-order chi connectivity index (χ1) is 12.5. The van der Waals surface area contributed by atoms with Crippen molar-refractivity contribution in [2.24, 2.45) is 0 Å². The van der Waals surface area contributed by atoms with Crippen molar-refractivity contribution < 1.29 is 24.0 Å². The molecule has 1 aliphatic heterocycles. The number of hydrogen-bond acceptors (Lipinski definition) is 6. The van der Waals surface area contributed by atoms with Crippen LogP contribution in [0.15, 0.2) is 36.9 Å². The molecule has 1 aromatic rings. The summed E-state index contributed by atoms with van der Waals surface area (Å²) in [7, 11) is 0. The van der Waals surface area contributed by atoms with Gasteiger partial charge >= 0.3 is 12.2 Å². The van der Waals surface area contributed by atoms with Crippen molar-refractivity contribution in [2.75, 3.05) is 19.6 Å². The van der Waals surface area contributed by atoms with Crippen LogP contribution in [0.4, 0.5) is 15.3 Å². The number of amides is 2. The maximum absolute atomic E-state index is 12.1. The fourth-order valence-corrected chi connectivity index (χ4v) is 2.55. The van der Waals surface area contributed by atoms with E-state index >= 15 is 0 Å². The molecule has 9 heteroatoms. The summed E-state index contributed by atoms with van der Waals surface area (Å²) >= 11 is 0. The zero-order valence-corrected chi connectivity index (χ0v) is 14.3. The highest BCUT2D eigenvalue weighted by molar-refractivity contribution is 5.68. The number of carbonyl (C=O) groups is 2. The Morgan fingerprint density at radius 1 is 1.35 bits per heavy atom. The molecule has 1 heterocycles. The molecule has 0 aromatic heterocycles. The molecule has 0 saturated carbocycles. The summed E-state index contributed by atoms with van der Waals surface area (Å²) < 4.78 is 10.4.